The molecule has 0 saturated heterocycles. The molecule has 6 nitrogen and oxygen atoms in total. The van der Waals surface area contributed by atoms with Gasteiger partial charge in [0.15, 0.2) is 17.2 Å². The number of phenols is 3. The molecular weight excluding hydrogens is 766 g/mol. The Hall–Kier alpha value is -1.78. The Kier molecular flexibility index (Phi) is 11.8. The number of phenolic OH excluding ortho intramolecular Hbond substituents is 3. The van der Waals surface area contributed by atoms with Crippen molar-refractivity contribution in [2.45, 2.75) is 0 Å². The largest absolute Gasteiger partial charge is 0.504 e. The molecule has 0 aliphatic rings. The monoisotopic (exact) mass is 778 g/mol. The van der Waals surface area contributed by atoms with Crippen LogP contribution >= 0.6 is 69.6 Å². The summed E-state index contributed by atoms with van der Waals surface area (Å²) in [6.07, 6.45) is 4.73. The van der Waals surface area contributed by atoms with E-state index >= 15 is 0 Å². The smallest absolute Gasteiger partial charge is 0.160 e. The molecule has 13 heteroatoms. The fourth-order valence-electron chi connectivity index (χ4n) is 3.47. The topological polar surface area (TPSA) is 99.4 Å². The Labute approximate surface area is 286 Å². The molecule has 0 aliphatic carbocycles. The number of aromatic nitrogens is 3. The predicted molar refractivity (Wildman–Crippen MR) is 160 cm³/mol. The maximum absolute atomic E-state index is 9.53. The van der Waals surface area contributed by atoms with Crippen molar-refractivity contribution in [1.29, 1.82) is 0 Å². The normalized spacial score (nSPS) is 10.3. The van der Waals surface area contributed by atoms with Crippen LogP contribution in [-0.2, 0) is 0 Å². The summed E-state index contributed by atoms with van der Waals surface area (Å²) in [5.74, 6) is -0.0787. The number of halogens is 6. The van der Waals surface area contributed by atoms with Crippen molar-refractivity contribution in [2.24, 2.45) is 0 Å². The second-order valence-corrected chi connectivity index (χ2v) is 10.2. The second kappa shape index (κ2) is 14.4. The van der Waals surface area contributed by atoms with E-state index in [2.05, 4.69) is 15.0 Å². The van der Waals surface area contributed by atoms with Gasteiger partial charge in [-0.25, -0.2) is 0 Å². The van der Waals surface area contributed by atoms with Crippen LogP contribution in [0.1, 0.15) is 0 Å². The van der Waals surface area contributed by atoms with E-state index in [1.165, 1.54) is 18.2 Å². The van der Waals surface area contributed by atoms with Gasteiger partial charge in [0.1, 0.15) is 16.6 Å². The Morgan fingerprint density at radius 2 is 0.675 bits per heavy atom. The Morgan fingerprint density at radius 3 is 0.925 bits per heavy atom. The van der Waals surface area contributed by atoms with Crippen LogP contribution in [0.5, 0.6) is 17.2 Å². The van der Waals surface area contributed by atoms with Gasteiger partial charge in [0, 0.05) is 70.3 Å². The molecule has 3 N–H and O–H groups in total. The van der Waals surface area contributed by atoms with Gasteiger partial charge in [-0.3, -0.25) is 15.0 Å². The van der Waals surface area contributed by atoms with E-state index in [-0.39, 0.29) is 67.9 Å². The van der Waals surface area contributed by atoms with Crippen LogP contribution in [0.3, 0.4) is 0 Å². The summed E-state index contributed by atoms with van der Waals surface area (Å²) in [6, 6.07) is 15.1. The number of fused-ring (bicyclic) bond motifs is 3. The fraction of sp³-hybridized carbons (Fsp3) is 0. The number of rotatable bonds is 0. The summed E-state index contributed by atoms with van der Waals surface area (Å²) in [5, 5.41) is 32.8. The first kappa shape index (κ1) is 32.7. The molecule has 0 aliphatic heterocycles. The van der Waals surface area contributed by atoms with Gasteiger partial charge in [-0.05, 0) is 54.6 Å². The molecule has 6 rings (SSSR count). The fourth-order valence-corrected chi connectivity index (χ4v) is 5.02. The molecule has 0 spiro atoms. The standard InChI is InChI=1S/3C9H5Cl2NO.La/c3*10-6-4-7(11)9(13)8-5(6)2-1-3-12-8;/h3*1-4,13H;. The van der Waals surface area contributed by atoms with Gasteiger partial charge in [0.25, 0.3) is 0 Å². The van der Waals surface area contributed by atoms with Crippen molar-refractivity contribution in [3.05, 3.63) is 103 Å². The first-order valence-corrected chi connectivity index (χ1v) is 13.1. The molecule has 3 aromatic carbocycles. The van der Waals surface area contributed by atoms with Crippen molar-refractivity contribution in [1.82, 2.24) is 15.0 Å². The third-order valence-electron chi connectivity index (χ3n) is 5.31. The second-order valence-electron chi connectivity index (χ2n) is 7.77. The van der Waals surface area contributed by atoms with Crippen LogP contribution in [-0.4, -0.2) is 30.3 Å². The van der Waals surface area contributed by atoms with Crippen LogP contribution in [0, 0.1) is 35.6 Å². The third-order valence-corrected chi connectivity index (χ3v) is 7.11. The number of benzene rings is 3. The summed E-state index contributed by atoms with van der Waals surface area (Å²) in [4.78, 5) is 12.0. The maximum atomic E-state index is 9.53. The van der Waals surface area contributed by atoms with Gasteiger partial charge in [-0.1, -0.05) is 69.6 Å². The van der Waals surface area contributed by atoms with E-state index in [0.29, 0.717) is 47.8 Å². The van der Waals surface area contributed by atoms with E-state index in [9.17, 15) is 15.3 Å². The third kappa shape index (κ3) is 7.16. The molecule has 0 bridgehead atoms. The van der Waals surface area contributed by atoms with Gasteiger partial charge < -0.3 is 15.3 Å². The predicted octanol–water partition coefficient (Wildman–Crippen LogP) is 9.74. The van der Waals surface area contributed by atoms with Crippen LogP contribution in [0.4, 0.5) is 0 Å². The molecule has 0 saturated carbocycles. The zero-order valence-corrected chi connectivity index (χ0v) is 28.1. The molecule has 0 amide bonds. The molecule has 0 atom stereocenters. The quantitative estimate of drug-likeness (QED) is 0.142. The van der Waals surface area contributed by atoms with Gasteiger partial charge in [0.2, 0.25) is 0 Å². The maximum Gasteiger partial charge on any atom is 0.160 e. The van der Waals surface area contributed by atoms with Crippen molar-refractivity contribution in [3.63, 3.8) is 0 Å². The van der Waals surface area contributed by atoms with E-state index in [1.807, 2.05) is 0 Å². The van der Waals surface area contributed by atoms with Crippen molar-refractivity contribution in [3.8, 4) is 17.2 Å². The first-order valence-electron chi connectivity index (χ1n) is 10.8. The van der Waals surface area contributed by atoms with Gasteiger partial charge >= 0.3 is 0 Å². The molecule has 6 aromatic rings. The Morgan fingerprint density at radius 1 is 0.425 bits per heavy atom. The SMILES string of the molecule is Oc1c(Cl)cc(Cl)c2cccnc12.Oc1c(Cl)cc(Cl)c2cccnc12.Oc1c(Cl)cc(Cl)c2cccnc12.[La]. The van der Waals surface area contributed by atoms with Crippen LogP contribution in [0.15, 0.2) is 73.2 Å². The number of nitrogens with zero attached hydrogens (tertiary/aromatic N) is 3. The molecular formula is C27H15Cl6LaN3O3. The molecule has 1 radical (unpaired) electrons. The average Bonchev–Trinajstić information content (AvgIpc) is 2.94. The molecule has 3 aromatic heterocycles. The van der Waals surface area contributed by atoms with Crippen molar-refractivity contribution < 1.29 is 50.9 Å². The van der Waals surface area contributed by atoms with Gasteiger partial charge in [-0.15, -0.1) is 0 Å². The molecule has 3 heterocycles. The minimum absolute atomic E-state index is 0. The summed E-state index contributed by atoms with van der Waals surface area (Å²) in [7, 11) is 0. The molecule has 0 fully saturated rings. The van der Waals surface area contributed by atoms with Crippen LogP contribution in [0.2, 0.25) is 30.1 Å². The number of aromatic hydroxyl groups is 3. The molecule has 40 heavy (non-hydrogen) atoms. The van der Waals surface area contributed by atoms with Crippen LogP contribution < -0.4 is 0 Å². The minimum atomic E-state index is -0.0262. The molecule has 0 unspecified atom stereocenters. The summed E-state index contributed by atoms with van der Waals surface area (Å²) < 4.78 is 0. The van der Waals surface area contributed by atoms with E-state index in [0.717, 1.165) is 0 Å². The zero-order valence-electron chi connectivity index (χ0n) is 20.0. The number of pyridine rings is 3. The first-order chi connectivity index (χ1) is 18.6. The van der Waals surface area contributed by atoms with Gasteiger partial charge in [-0.2, -0.15) is 0 Å². The van der Waals surface area contributed by atoms with E-state index < -0.39 is 0 Å². The number of hydrogen-bond acceptors (Lipinski definition) is 6. The van der Waals surface area contributed by atoms with E-state index in [4.69, 9.17) is 69.6 Å². The van der Waals surface area contributed by atoms with Crippen molar-refractivity contribution >= 4 is 102 Å². The zero-order chi connectivity index (χ0) is 28.3. The van der Waals surface area contributed by atoms with Crippen LogP contribution in [0.25, 0.3) is 32.7 Å². The van der Waals surface area contributed by atoms with E-state index in [1.54, 1.807) is 55.0 Å². The van der Waals surface area contributed by atoms with Crippen molar-refractivity contribution in [2.75, 3.05) is 0 Å². The summed E-state index contributed by atoms with van der Waals surface area (Å²) >= 11 is 34.9. The van der Waals surface area contributed by atoms with Gasteiger partial charge in [0.05, 0.1) is 30.1 Å². The Balaban J connectivity index is 0.000000163. The minimum Gasteiger partial charge on any atom is -0.504 e. The molecule has 201 valence electrons. The number of hydrogen-bond donors (Lipinski definition) is 3. The summed E-state index contributed by atoms with van der Waals surface area (Å²) in [6.45, 7) is 0. The average molecular weight is 781 g/mol. The Bertz CT molecular complexity index is 1630. The summed E-state index contributed by atoms with van der Waals surface area (Å²) in [5.41, 5.74) is 1.29.